The van der Waals surface area contributed by atoms with Crippen LogP contribution < -0.4 is 19.5 Å². The van der Waals surface area contributed by atoms with Crippen molar-refractivity contribution in [3.63, 3.8) is 0 Å². The number of ether oxygens (including phenoxy) is 3. The van der Waals surface area contributed by atoms with E-state index < -0.39 is 5.91 Å². The van der Waals surface area contributed by atoms with Gasteiger partial charge >= 0.3 is 0 Å². The Labute approximate surface area is 259 Å². The smallest absolute Gasteiger partial charge is 0.266 e. The Balaban J connectivity index is 1.30. The van der Waals surface area contributed by atoms with Gasteiger partial charge in [0.05, 0.1) is 7.11 Å². The minimum Gasteiger partial charge on any atom is -0.497 e. The van der Waals surface area contributed by atoms with Gasteiger partial charge in [0.25, 0.3) is 5.91 Å². The van der Waals surface area contributed by atoms with E-state index >= 15 is 0 Å². The maximum atomic E-state index is 13.1. The zero-order valence-electron chi connectivity index (χ0n) is 23.8. The molecule has 0 fully saturated rings. The Morgan fingerprint density at radius 3 is 2.37 bits per heavy atom. The first-order valence-corrected chi connectivity index (χ1v) is 14.4. The molecule has 43 heavy (non-hydrogen) atoms. The molecule has 0 aromatic heterocycles. The molecular weight excluding hydrogens is 604 g/mol. The standard InChI is InChI=1S/C36H29BrN2O4/c1-24-7-10-26-5-3-4-6-33(26)34(24)23-43-35-20-32(41-2)16-11-27(35)19-28(21-38)36(40)39-30-14-17-31(18-15-30)42-22-25-8-12-29(37)13-9-25/h3-20H,22-23H2,1-2H3,(H,39,40)/b28-19+. The Morgan fingerprint density at radius 1 is 0.884 bits per heavy atom. The molecule has 1 N–H and O–H groups in total. The number of halogens is 1. The maximum absolute atomic E-state index is 13.1. The number of fused-ring (bicyclic) bond motifs is 1. The molecule has 7 heteroatoms. The molecule has 5 rings (SSSR count). The quantitative estimate of drug-likeness (QED) is 0.123. The van der Waals surface area contributed by atoms with Crippen LogP contribution in [0.25, 0.3) is 16.8 Å². The molecule has 0 aliphatic heterocycles. The van der Waals surface area contributed by atoms with Gasteiger partial charge in [-0.3, -0.25) is 4.79 Å². The number of anilines is 1. The average molecular weight is 634 g/mol. The van der Waals surface area contributed by atoms with Crippen LogP contribution in [0.5, 0.6) is 17.2 Å². The van der Waals surface area contributed by atoms with Gasteiger partial charge in [-0.1, -0.05) is 64.5 Å². The average Bonchev–Trinajstić information content (AvgIpc) is 3.03. The normalized spacial score (nSPS) is 11.1. The molecule has 0 saturated carbocycles. The van der Waals surface area contributed by atoms with Crippen LogP contribution in [0.3, 0.4) is 0 Å². The molecule has 0 atom stereocenters. The van der Waals surface area contributed by atoms with Crippen LogP contribution in [0.1, 0.15) is 22.3 Å². The first-order chi connectivity index (χ1) is 20.9. The number of nitriles is 1. The highest BCUT2D eigenvalue weighted by atomic mass is 79.9. The molecule has 5 aromatic rings. The summed E-state index contributed by atoms with van der Waals surface area (Å²) in [5.74, 6) is 1.24. The number of nitrogens with zero attached hydrogens (tertiary/aromatic N) is 1. The Kier molecular flexibility index (Phi) is 9.40. The third kappa shape index (κ3) is 7.42. The van der Waals surface area contributed by atoms with Gasteiger partial charge in [-0.15, -0.1) is 0 Å². The van der Waals surface area contributed by atoms with Gasteiger partial charge in [-0.25, -0.2) is 0 Å². The first kappa shape index (κ1) is 29.4. The fourth-order valence-corrected chi connectivity index (χ4v) is 4.82. The molecule has 5 aromatic carbocycles. The van der Waals surface area contributed by atoms with E-state index in [4.69, 9.17) is 14.2 Å². The van der Waals surface area contributed by atoms with E-state index in [1.807, 2.05) is 42.5 Å². The van der Waals surface area contributed by atoms with Crippen LogP contribution in [0.4, 0.5) is 5.69 Å². The second-order valence-electron chi connectivity index (χ2n) is 9.84. The first-order valence-electron chi connectivity index (χ1n) is 13.6. The fourth-order valence-electron chi connectivity index (χ4n) is 4.56. The molecule has 0 spiro atoms. The number of hydrogen-bond donors (Lipinski definition) is 1. The van der Waals surface area contributed by atoms with Crippen molar-refractivity contribution >= 4 is 44.4 Å². The van der Waals surface area contributed by atoms with Crippen molar-refractivity contribution in [3.05, 3.63) is 135 Å². The fraction of sp³-hybridized carbons (Fsp3) is 0.111. The second-order valence-corrected chi connectivity index (χ2v) is 10.8. The van der Waals surface area contributed by atoms with Gasteiger partial charge in [0.2, 0.25) is 0 Å². The van der Waals surface area contributed by atoms with E-state index in [0.29, 0.717) is 41.7 Å². The molecule has 0 aliphatic carbocycles. The lowest BCUT2D eigenvalue weighted by atomic mass is 10.0. The van der Waals surface area contributed by atoms with E-state index in [1.54, 1.807) is 49.6 Å². The van der Waals surface area contributed by atoms with Crippen molar-refractivity contribution in [2.45, 2.75) is 20.1 Å². The predicted octanol–water partition coefficient (Wildman–Crippen LogP) is 8.62. The van der Waals surface area contributed by atoms with Crippen LogP contribution in [0, 0.1) is 18.3 Å². The van der Waals surface area contributed by atoms with E-state index in [2.05, 4.69) is 52.4 Å². The maximum Gasteiger partial charge on any atom is 0.266 e. The summed E-state index contributed by atoms with van der Waals surface area (Å²) in [5.41, 5.74) is 4.28. The van der Waals surface area contributed by atoms with Crippen molar-refractivity contribution in [2.24, 2.45) is 0 Å². The number of rotatable bonds is 10. The topological polar surface area (TPSA) is 80.6 Å². The molecule has 0 saturated heterocycles. The number of carbonyl (C=O) groups is 1. The minimum atomic E-state index is -0.530. The molecule has 6 nitrogen and oxygen atoms in total. The highest BCUT2D eigenvalue weighted by Gasteiger charge is 2.14. The predicted molar refractivity (Wildman–Crippen MR) is 173 cm³/mol. The zero-order valence-corrected chi connectivity index (χ0v) is 25.4. The number of aryl methyl sites for hydroxylation is 1. The van der Waals surface area contributed by atoms with Gasteiger partial charge in [0.15, 0.2) is 0 Å². The third-order valence-corrected chi connectivity index (χ3v) is 7.49. The zero-order chi connectivity index (χ0) is 30.2. The van der Waals surface area contributed by atoms with E-state index in [-0.39, 0.29) is 5.57 Å². The van der Waals surface area contributed by atoms with Crippen molar-refractivity contribution in [1.29, 1.82) is 5.26 Å². The van der Waals surface area contributed by atoms with Crippen LogP contribution in [-0.2, 0) is 18.0 Å². The van der Waals surface area contributed by atoms with Gasteiger partial charge < -0.3 is 19.5 Å². The lowest BCUT2D eigenvalue weighted by Crippen LogP contribution is -2.13. The highest BCUT2D eigenvalue weighted by Crippen LogP contribution is 2.30. The number of benzene rings is 5. The molecule has 0 unspecified atom stereocenters. The number of methoxy groups -OCH3 is 1. The Bertz CT molecular complexity index is 1820. The number of amides is 1. The summed E-state index contributed by atoms with van der Waals surface area (Å²) in [4.78, 5) is 13.1. The van der Waals surface area contributed by atoms with Gasteiger partial charge in [0.1, 0.15) is 42.1 Å². The van der Waals surface area contributed by atoms with Gasteiger partial charge in [-0.2, -0.15) is 5.26 Å². The summed E-state index contributed by atoms with van der Waals surface area (Å²) in [6, 6.07) is 34.6. The molecule has 0 aliphatic rings. The van der Waals surface area contributed by atoms with Crippen LogP contribution >= 0.6 is 15.9 Å². The van der Waals surface area contributed by atoms with Crippen molar-refractivity contribution in [1.82, 2.24) is 0 Å². The number of carbonyl (C=O) groups excluding carboxylic acids is 1. The van der Waals surface area contributed by atoms with Gasteiger partial charge in [-0.05, 0) is 83.4 Å². The summed E-state index contributed by atoms with van der Waals surface area (Å²) in [7, 11) is 1.58. The van der Waals surface area contributed by atoms with E-state index in [9.17, 15) is 10.1 Å². The molecule has 0 radical (unpaired) electrons. The molecule has 0 heterocycles. The molecular formula is C36H29BrN2O4. The lowest BCUT2D eigenvalue weighted by molar-refractivity contribution is -0.112. The number of nitrogens with one attached hydrogen (secondary N) is 1. The van der Waals surface area contributed by atoms with Crippen LogP contribution in [-0.4, -0.2) is 13.0 Å². The Hall–Kier alpha value is -5.06. The summed E-state index contributed by atoms with van der Waals surface area (Å²) in [6.45, 7) is 2.79. The SMILES string of the molecule is COc1ccc(/C=C(\C#N)C(=O)Nc2ccc(OCc3ccc(Br)cc3)cc2)c(OCc2c(C)ccc3ccccc23)c1. The summed E-state index contributed by atoms with van der Waals surface area (Å²) >= 11 is 3.43. The van der Waals surface area contributed by atoms with Gasteiger partial charge in [0, 0.05) is 27.4 Å². The second kappa shape index (κ2) is 13.7. The number of hydrogen-bond acceptors (Lipinski definition) is 5. The molecule has 0 bridgehead atoms. The summed E-state index contributed by atoms with van der Waals surface area (Å²) in [6.07, 6.45) is 1.52. The van der Waals surface area contributed by atoms with Crippen molar-refractivity contribution in [2.75, 3.05) is 12.4 Å². The summed E-state index contributed by atoms with van der Waals surface area (Å²) in [5, 5.41) is 14.9. The van der Waals surface area contributed by atoms with Crippen molar-refractivity contribution < 1.29 is 19.0 Å². The summed E-state index contributed by atoms with van der Waals surface area (Å²) < 4.78 is 18.6. The molecule has 1 amide bonds. The largest absolute Gasteiger partial charge is 0.497 e. The van der Waals surface area contributed by atoms with E-state index in [1.165, 1.54) is 6.08 Å². The van der Waals surface area contributed by atoms with Crippen LogP contribution in [0.2, 0.25) is 0 Å². The highest BCUT2D eigenvalue weighted by molar-refractivity contribution is 9.10. The lowest BCUT2D eigenvalue weighted by Gasteiger charge is -2.15. The Morgan fingerprint density at radius 2 is 1.63 bits per heavy atom. The van der Waals surface area contributed by atoms with Crippen LogP contribution in [0.15, 0.2) is 113 Å². The molecule has 214 valence electrons. The van der Waals surface area contributed by atoms with Crippen molar-refractivity contribution in [3.8, 4) is 23.3 Å². The van der Waals surface area contributed by atoms with E-state index in [0.717, 1.165) is 31.9 Å². The minimum absolute atomic E-state index is 0.0630. The monoisotopic (exact) mass is 632 g/mol. The third-order valence-electron chi connectivity index (χ3n) is 6.96.